The number of Topliss-reactive ketones (excluding diaryl/α,β-unsaturated/α-hetero) is 1. The number of thiophene rings is 1. The summed E-state index contributed by atoms with van der Waals surface area (Å²) < 4.78 is 32.6. The zero-order chi connectivity index (χ0) is 19.7. The van der Waals surface area contributed by atoms with Gasteiger partial charge in [0.1, 0.15) is 23.0 Å². The van der Waals surface area contributed by atoms with Crippen molar-refractivity contribution in [2.24, 2.45) is 0 Å². The maximum Gasteiger partial charge on any atom is 0.326 e. The fourth-order valence-electron chi connectivity index (χ4n) is 2.50. The molecule has 2 heterocycles. The number of esters is 1. The van der Waals surface area contributed by atoms with Gasteiger partial charge in [-0.15, -0.1) is 11.3 Å². The summed E-state index contributed by atoms with van der Waals surface area (Å²) in [5, 5.41) is 0.436. The lowest BCUT2D eigenvalue weighted by Gasteiger charge is -2.07. The number of aromatic nitrogens is 2. The highest BCUT2D eigenvalue weighted by Crippen LogP contribution is 2.25. The van der Waals surface area contributed by atoms with Crippen LogP contribution >= 0.6 is 11.3 Å². The number of ketones is 1. The van der Waals surface area contributed by atoms with Gasteiger partial charge in [-0.2, -0.15) is 0 Å². The molecule has 3 rings (SSSR count). The van der Waals surface area contributed by atoms with Crippen LogP contribution in [0.2, 0.25) is 0 Å². The van der Waals surface area contributed by atoms with Gasteiger partial charge in [0.25, 0.3) is 5.56 Å². The Kier molecular flexibility index (Phi) is 5.13. The van der Waals surface area contributed by atoms with Gasteiger partial charge in [0.05, 0.1) is 17.3 Å². The zero-order valence-corrected chi connectivity index (χ0v) is 15.2. The fourth-order valence-corrected chi connectivity index (χ4v) is 3.49. The molecule has 0 radical (unpaired) electrons. The van der Waals surface area contributed by atoms with Gasteiger partial charge in [-0.3, -0.25) is 19.0 Å². The van der Waals surface area contributed by atoms with Crippen molar-refractivity contribution >= 4 is 33.3 Å². The van der Waals surface area contributed by atoms with Crippen molar-refractivity contribution in [2.75, 3.05) is 6.61 Å². The summed E-state index contributed by atoms with van der Waals surface area (Å²) in [5.74, 6) is -3.44. The van der Waals surface area contributed by atoms with Gasteiger partial charge >= 0.3 is 5.97 Å². The van der Waals surface area contributed by atoms with Gasteiger partial charge in [0, 0.05) is 4.88 Å². The molecule has 0 saturated carbocycles. The Balaban J connectivity index is 1.71. The number of fused-ring (bicyclic) bond motifs is 1. The van der Waals surface area contributed by atoms with Crippen molar-refractivity contribution in [3.05, 3.63) is 62.5 Å². The zero-order valence-electron chi connectivity index (χ0n) is 14.4. The number of rotatable bonds is 5. The molecule has 9 heteroatoms. The third-order valence-corrected chi connectivity index (χ3v) is 5.16. The molecule has 2 aromatic heterocycles. The van der Waals surface area contributed by atoms with Crippen molar-refractivity contribution in [3.8, 4) is 0 Å². The number of aryl methyl sites for hydroxylation is 2. The van der Waals surface area contributed by atoms with E-state index in [1.54, 1.807) is 6.92 Å². The van der Waals surface area contributed by atoms with Crippen LogP contribution in [-0.2, 0) is 16.1 Å². The number of hydrogen-bond acceptors (Lipinski definition) is 6. The molecule has 0 N–H and O–H groups in total. The first kappa shape index (κ1) is 18.8. The first-order valence-electron chi connectivity index (χ1n) is 7.87. The van der Waals surface area contributed by atoms with E-state index in [-0.39, 0.29) is 5.56 Å². The van der Waals surface area contributed by atoms with E-state index < -0.39 is 42.1 Å². The summed E-state index contributed by atoms with van der Waals surface area (Å²) in [6, 6.07) is 2.42. The molecule has 0 aliphatic carbocycles. The van der Waals surface area contributed by atoms with E-state index in [4.69, 9.17) is 4.74 Å². The normalized spacial score (nSPS) is 11.0. The second-order valence-electron chi connectivity index (χ2n) is 5.85. The molecule has 0 spiro atoms. The molecule has 0 atom stereocenters. The Labute approximate surface area is 156 Å². The second-order valence-corrected chi connectivity index (χ2v) is 7.05. The van der Waals surface area contributed by atoms with E-state index in [1.165, 1.54) is 17.7 Å². The number of benzene rings is 1. The minimum Gasteiger partial charge on any atom is -0.456 e. The number of ether oxygens (including phenoxy) is 1. The molecule has 0 fully saturated rings. The third kappa shape index (κ3) is 3.77. The standard InChI is InChI=1S/C18H14F2N2O4S/c1-9-10(2)27-17-16(9)18(25)22(8-21-17)6-15(24)26-7-14(23)12-5-11(19)3-4-13(12)20/h3-5,8H,6-7H2,1-2H3. The van der Waals surface area contributed by atoms with Crippen LogP contribution < -0.4 is 5.56 Å². The summed E-state index contributed by atoms with van der Waals surface area (Å²) in [4.78, 5) is 42.0. The molecular weight excluding hydrogens is 378 g/mol. The van der Waals surface area contributed by atoms with E-state index in [0.717, 1.165) is 33.2 Å². The first-order valence-corrected chi connectivity index (χ1v) is 8.68. The molecule has 140 valence electrons. The van der Waals surface area contributed by atoms with Crippen molar-refractivity contribution < 1.29 is 23.1 Å². The van der Waals surface area contributed by atoms with Crippen LogP contribution in [-0.4, -0.2) is 27.9 Å². The van der Waals surface area contributed by atoms with E-state index >= 15 is 0 Å². The number of carbonyl (C=O) groups is 2. The molecule has 1 aromatic carbocycles. The molecule has 3 aromatic rings. The van der Waals surface area contributed by atoms with E-state index in [9.17, 15) is 23.2 Å². The molecular formula is C18H14F2N2O4S. The van der Waals surface area contributed by atoms with E-state index in [1.807, 2.05) is 6.92 Å². The van der Waals surface area contributed by atoms with Gasteiger partial charge in [0.15, 0.2) is 6.61 Å². The monoisotopic (exact) mass is 392 g/mol. The Morgan fingerprint density at radius 3 is 2.74 bits per heavy atom. The molecule has 0 amide bonds. The molecule has 0 aliphatic rings. The van der Waals surface area contributed by atoms with Crippen LogP contribution in [0.5, 0.6) is 0 Å². The maximum atomic E-state index is 13.6. The highest BCUT2D eigenvalue weighted by Gasteiger charge is 2.17. The molecule has 6 nitrogen and oxygen atoms in total. The number of nitrogens with zero attached hydrogens (tertiary/aromatic N) is 2. The smallest absolute Gasteiger partial charge is 0.326 e. The summed E-state index contributed by atoms with van der Waals surface area (Å²) in [6.07, 6.45) is 1.23. The summed E-state index contributed by atoms with van der Waals surface area (Å²) in [6.45, 7) is 2.46. The number of hydrogen-bond donors (Lipinski definition) is 0. The molecule has 0 aliphatic heterocycles. The van der Waals surface area contributed by atoms with Crippen LogP contribution in [0.25, 0.3) is 10.2 Å². The molecule has 0 saturated heterocycles. The van der Waals surface area contributed by atoms with Crippen molar-refractivity contribution in [3.63, 3.8) is 0 Å². The molecule has 0 unspecified atom stereocenters. The Morgan fingerprint density at radius 2 is 2.00 bits per heavy atom. The Bertz CT molecular complexity index is 1120. The maximum absolute atomic E-state index is 13.6. The minimum atomic E-state index is -0.911. The van der Waals surface area contributed by atoms with E-state index in [2.05, 4.69) is 4.98 Å². The minimum absolute atomic E-state index is 0.388. The van der Waals surface area contributed by atoms with Crippen molar-refractivity contribution in [1.29, 1.82) is 0 Å². The van der Waals surface area contributed by atoms with Crippen LogP contribution in [0.1, 0.15) is 20.8 Å². The summed E-state index contributed by atoms with van der Waals surface area (Å²) >= 11 is 1.38. The predicted octanol–water partition coefficient (Wildman–Crippen LogP) is 2.78. The van der Waals surface area contributed by atoms with E-state index in [0.29, 0.717) is 10.2 Å². The molecule has 27 heavy (non-hydrogen) atoms. The summed E-state index contributed by atoms with van der Waals surface area (Å²) in [5.41, 5.74) is -0.0966. The third-order valence-electron chi connectivity index (χ3n) is 4.05. The summed E-state index contributed by atoms with van der Waals surface area (Å²) in [7, 11) is 0. The predicted molar refractivity (Wildman–Crippen MR) is 95.0 cm³/mol. The average molecular weight is 392 g/mol. The fraction of sp³-hybridized carbons (Fsp3) is 0.222. The molecule has 0 bridgehead atoms. The Morgan fingerprint density at radius 1 is 1.26 bits per heavy atom. The van der Waals surface area contributed by atoms with Crippen LogP contribution in [0.3, 0.4) is 0 Å². The number of halogens is 2. The van der Waals surface area contributed by atoms with Gasteiger partial charge in [0.2, 0.25) is 5.78 Å². The van der Waals surface area contributed by atoms with Gasteiger partial charge in [-0.05, 0) is 37.6 Å². The number of carbonyl (C=O) groups excluding carboxylic acids is 2. The lowest BCUT2D eigenvalue weighted by molar-refractivity contribution is -0.143. The van der Waals surface area contributed by atoms with Crippen LogP contribution in [0.4, 0.5) is 8.78 Å². The first-order chi connectivity index (χ1) is 12.8. The lowest BCUT2D eigenvalue weighted by atomic mass is 10.1. The second kappa shape index (κ2) is 7.36. The van der Waals surface area contributed by atoms with Crippen molar-refractivity contribution in [2.45, 2.75) is 20.4 Å². The lowest BCUT2D eigenvalue weighted by Crippen LogP contribution is -2.27. The Hall–Kier alpha value is -2.94. The van der Waals surface area contributed by atoms with Crippen LogP contribution in [0.15, 0.2) is 29.3 Å². The van der Waals surface area contributed by atoms with Gasteiger partial charge in [-0.1, -0.05) is 0 Å². The quantitative estimate of drug-likeness (QED) is 0.493. The highest BCUT2D eigenvalue weighted by atomic mass is 32.1. The highest BCUT2D eigenvalue weighted by molar-refractivity contribution is 7.18. The van der Waals surface area contributed by atoms with Crippen molar-refractivity contribution in [1.82, 2.24) is 9.55 Å². The SMILES string of the molecule is Cc1sc2ncn(CC(=O)OCC(=O)c3cc(F)ccc3F)c(=O)c2c1C. The average Bonchev–Trinajstić information content (AvgIpc) is 2.92. The largest absolute Gasteiger partial charge is 0.456 e. The topological polar surface area (TPSA) is 78.3 Å². The van der Waals surface area contributed by atoms with Gasteiger partial charge < -0.3 is 4.74 Å². The van der Waals surface area contributed by atoms with Gasteiger partial charge in [-0.25, -0.2) is 13.8 Å². The van der Waals surface area contributed by atoms with Crippen LogP contribution in [0, 0.1) is 25.5 Å².